The quantitative estimate of drug-likeness (QED) is 0.447. The largest absolute Gasteiger partial charge is 0.267 e. The molecule has 58 valence electrons. The first-order valence-corrected chi connectivity index (χ1v) is 4.18. The maximum Gasteiger partial charge on any atom is 0.267 e. The fourth-order valence-corrected chi connectivity index (χ4v) is 1.50. The van der Waals surface area contributed by atoms with E-state index < -0.39 is 4.33 Å². The topological polar surface area (TPSA) is 56.0 Å². The molecule has 0 fully saturated rings. The number of hydrogen-bond donors (Lipinski definition) is 0. The molecule has 0 saturated carbocycles. The molecule has 0 unspecified atom stereocenters. The molecular formula is C5H3BrN2O2S. The maximum absolute atomic E-state index is 10.0. The summed E-state index contributed by atoms with van der Waals surface area (Å²) in [6, 6.07) is 1.64. The van der Waals surface area contributed by atoms with Gasteiger partial charge in [0.05, 0.1) is 0 Å². The van der Waals surface area contributed by atoms with Crippen LogP contribution in [0.15, 0.2) is 27.8 Å². The predicted molar refractivity (Wildman–Crippen MR) is 44.8 cm³/mol. The van der Waals surface area contributed by atoms with Crippen molar-refractivity contribution in [3.05, 3.63) is 33.0 Å². The summed E-state index contributed by atoms with van der Waals surface area (Å²) < 4.78 is 0.271. The molecule has 11 heavy (non-hydrogen) atoms. The van der Waals surface area contributed by atoms with Crippen LogP contribution in [0.3, 0.4) is 0 Å². The Labute approximate surface area is 75.4 Å². The summed E-state index contributed by atoms with van der Waals surface area (Å²) in [5.74, 6) is 0. The molecule has 0 spiro atoms. The molecule has 1 aromatic heterocycles. The Balaban J connectivity index is 2.79. The van der Waals surface area contributed by atoms with Gasteiger partial charge in [0.25, 0.3) is 11.9 Å². The van der Waals surface area contributed by atoms with Crippen LogP contribution in [0, 0.1) is 10.1 Å². The molecule has 0 radical (unpaired) electrons. The maximum atomic E-state index is 10.0. The van der Waals surface area contributed by atoms with Gasteiger partial charge in [0, 0.05) is 16.9 Å². The minimum atomic E-state index is -0.469. The minimum Gasteiger partial charge on any atom is -0.262 e. The van der Waals surface area contributed by atoms with Crippen molar-refractivity contribution in [3.8, 4) is 0 Å². The SMILES string of the molecule is O=[N+]([O-])Sc1cncc(Br)c1. The Morgan fingerprint density at radius 3 is 2.91 bits per heavy atom. The summed E-state index contributed by atoms with van der Waals surface area (Å²) in [5, 5.41) is 10.0. The molecule has 0 atom stereocenters. The molecule has 0 aliphatic rings. The second-order valence-corrected chi connectivity index (χ2v) is 3.52. The van der Waals surface area contributed by atoms with Crippen molar-refractivity contribution < 1.29 is 4.33 Å². The molecule has 0 saturated heterocycles. The van der Waals surface area contributed by atoms with E-state index in [-0.39, 0.29) is 0 Å². The Hall–Kier alpha value is -0.620. The lowest BCUT2D eigenvalue weighted by Gasteiger charge is -1.90. The average molecular weight is 235 g/mol. The smallest absolute Gasteiger partial charge is 0.262 e. The summed E-state index contributed by atoms with van der Waals surface area (Å²) in [4.78, 5) is 14.3. The molecule has 0 N–H and O–H groups in total. The van der Waals surface area contributed by atoms with Crippen LogP contribution < -0.4 is 0 Å². The van der Waals surface area contributed by atoms with Crippen LogP contribution in [0.2, 0.25) is 0 Å². The first-order chi connectivity index (χ1) is 5.18. The lowest BCUT2D eigenvalue weighted by Crippen LogP contribution is -1.83. The Morgan fingerprint density at radius 1 is 1.64 bits per heavy atom. The lowest BCUT2D eigenvalue weighted by molar-refractivity contribution is -0.284. The van der Waals surface area contributed by atoms with Crippen molar-refractivity contribution >= 4 is 27.9 Å². The van der Waals surface area contributed by atoms with Crippen molar-refractivity contribution in [1.29, 1.82) is 0 Å². The van der Waals surface area contributed by atoms with Crippen LogP contribution in [0.25, 0.3) is 0 Å². The van der Waals surface area contributed by atoms with Crippen LogP contribution in [-0.2, 0) is 0 Å². The molecule has 0 aliphatic heterocycles. The summed E-state index contributed by atoms with van der Waals surface area (Å²) in [6.45, 7) is 0. The summed E-state index contributed by atoms with van der Waals surface area (Å²) in [7, 11) is 0. The first-order valence-electron chi connectivity index (χ1n) is 2.61. The van der Waals surface area contributed by atoms with Crippen LogP contribution in [-0.4, -0.2) is 9.31 Å². The van der Waals surface area contributed by atoms with E-state index >= 15 is 0 Å². The van der Waals surface area contributed by atoms with E-state index in [2.05, 4.69) is 20.9 Å². The molecule has 1 aromatic rings. The van der Waals surface area contributed by atoms with Gasteiger partial charge >= 0.3 is 0 Å². The third kappa shape index (κ3) is 2.85. The molecule has 0 bridgehead atoms. The van der Waals surface area contributed by atoms with E-state index in [0.717, 1.165) is 4.47 Å². The normalized spacial score (nSPS) is 9.55. The number of halogens is 1. The van der Waals surface area contributed by atoms with Gasteiger partial charge in [-0.25, -0.2) is 0 Å². The van der Waals surface area contributed by atoms with E-state index in [1.54, 1.807) is 12.3 Å². The lowest BCUT2D eigenvalue weighted by atomic mass is 10.5. The highest BCUT2D eigenvalue weighted by molar-refractivity contribution is 9.10. The average Bonchev–Trinajstić information content (AvgIpc) is 1.85. The molecule has 6 heteroatoms. The van der Waals surface area contributed by atoms with Crippen LogP contribution in [0.4, 0.5) is 0 Å². The highest BCUT2D eigenvalue weighted by Crippen LogP contribution is 2.19. The Bertz CT molecular complexity index is 281. The van der Waals surface area contributed by atoms with E-state index in [4.69, 9.17) is 0 Å². The summed E-state index contributed by atoms with van der Waals surface area (Å²) in [6.07, 6.45) is 3.02. The van der Waals surface area contributed by atoms with Gasteiger partial charge < -0.3 is 0 Å². The molecule has 1 rings (SSSR count). The van der Waals surface area contributed by atoms with Gasteiger partial charge in [-0.15, -0.1) is 0 Å². The van der Waals surface area contributed by atoms with Gasteiger partial charge in [-0.1, -0.05) is 0 Å². The number of aromatic nitrogens is 1. The van der Waals surface area contributed by atoms with Crippen molar-refractivity contribution in [3.63, 3.8) is 0 Å². The zero-order valence-electron chi connectivity index (χ0n) is 5.23. The van der Waals surface area contributed by atoms with Crippen LogP contribution >= 0.6 is 27.9 Å². The second-order valence-electron chi connectivity index (χ2n) is 1.65. The zero-order chi connectivity index (χ0) is 8.27. The van der Waals surface area contributed by atoms with Crippen molar-refractivity contribution in [2.24, 2.45) is 0 Å². The molecular weight excluding hydrogens is 232 g/mol. The first kappa shape index (κ1) is 8.48. The molecule has 0 aromatic carbocycles. The highest BCUT2D eigenvalue weighted by Gasteiger charge is 2.04. The van der Waals surface area contributed by atoms with Crippen molar-refractivity contribution in [2.45, 2.75) is 4.90 Å². The predicted octanol–water partition coefficient (Wildman–Crippen LogP) is 2.13. The van der Waals surface area contributed by atoms with E-state index in [1.165, 1.54) is 6.20 Å². The van der Waals surface area contributed by atoms with E-state index in [1.807, 2.05) is 0 Å². The fraction of sp³-hybridized carbons (Fsp3) is 0. The van der Waals surface area contributed by atoms with Gasteiger partial charge in [-0.05, 0) is 22.0 Å². The molecule has 4 nitrogen and oxygen atoms in total. The van der Waals surface area contributed by atoms with Crippen molar-refractivity contribution in [2.75, 3.05) is 0 Å². The monoisotopic (exact) mass is 234 g/mol. The second kappa shape index (κ2) is 3.68. The number of rotatable bonds is 2. The zero-order valence-corrected chi connectivity index (χ0v) is 7.63. The van der Waals surface area contributed by atoms with E-state index in [0.29, 0.717) is 16.8 Å². The van der Waals surface area contributed by atoms with Crippen molar-refractivity contribution in [1.82, 2.24) is 4.98 Å². The summed E-state index contributed by atoms with van der Waals surface area (Å²) >= 11 is 3.70. The molecule has 0 aliphatic carbocycles. The fourth-order valence-electron chi connectivity index (χ4n) is 0.528. The number of nitrogens with zero attached hydrogens (tertiary/aromatic N) is 2. The minimum absolute atomic E-state index is 0.469. The number of nitro groups is 1. The van der Waals surface area contributed by atoms with Gasteiger partial charge in [-0.3, -0.25) is 15.1 Å². The highest BCUT2D eigenvalue weighted by atomic mass is 79.9. The third-order valence-electron chi connectivity index (χ3n) is 0.860. The van der Waals surface area contributed by atoms with E-state index in [9.17, 15) is 10.1 Å². The molecule has 1 heterocycles. The van der Waals surface area contributed by atoms with Gasteiger partial charge in [-0.2, -0.15) is 0 Å². The van der Waals surface area contributed by atoms with Gasteiger partial charge in [0.2, 0.25) is 0 Å². The van der Waals surface area contributed by atoms with Crippen LogP contribution in [0.1, 0.15) is 0 Å². The van der Waals surface area contributed by atoms with Gasteiger partial charge in [0.1, 0.15) is 9.22 Å². The third-order valence-corrected chi connectivity index (χ3v) is 1.88. The Kier molecular flexibility index (Phi) is 2.84. The number of pyridine rings is 1. The van der Waals surface area contributed by atoms with Gasteiger partial charge in [0.15, 0.2) is 0 Å². The standard InChI is InChI=1S/C5H3BrN2O2S/c6-4-1-5(3-7-2-4)11-8(9)10/h1-3H. The van der Waals surface area contributed by atoms with Crippen LogP contribution in [0.5, 0.6) is 0 Å². The number of hydrogen-bond acceptors (Lipinski definition) is 4. The molecule has 0 amide bonds. The summed E-state index contributed by atoms with van der Waals surface area (Å²) in [5.41, 5.74) is 0. The Morgan fingerprint density at radius 2 is 2.36 bits per heavy atom.